The van der Waals surface area contributed by atoms with Crippen molar-refractivity contribution in [3.05, 3.63) is 59.9 Å². The van der Waals surface area contributed by atoms with Crippen molar-refractivity contribution in [2.24, 2.45) is 0 Å². The number of pyridine rings is 1. The van der Waals surface area contributed by atoms with Crippen molar-refractivity contribution in [1.29, 1.82) is 0 Å². The number of hydrogen-bond donors (Lipinski definition) is 2. The molecule has 1 aromatic carbocycles. The topological polar surface area (TPSA) is 63.2 Å². The third kappa shape index (κ3) is 3.09. The Labute approximate surface area is 129 Å². The predicted molar refractivity (Wildman–Crippen MR) is 85.5 cm³/mol. The smallest absolute Gasteiger partial charge is 0.269 e. The van der Waals surface area contributed by atoms with Crippen molar-refractivity contribution in [3.63, 3.8) is 0 Å². The van der Waals surface area contributed by atoms with Crippen LogP contribution >= 0.6 is 0 Å². The maximum absolute atomic E-state index is 12.2. The lowest BCUT2D eigenvalue weighted by Crippen LogP contribution is -2.30. The number of anilines is 1. The molecule has 0 bridgehead atoms. The van der Waals surface area contributed by atoms with Crippen molar-refractivity contribution in [3.8, 4) is 5.75 Å². The van der Waals surface area contributed by atoms with E-state index in [1.807, 2.05) is 38.1 Å². The highest BCUT2D eigenvalue weighted by Crippen LogP contribution is 2.31. The number of benzene rings is 1. The van der Waals surface area contributed by atoms with Crippen LogP contribution in [0, 0.1) is 0 Å². The Morgan fingerprint density at radius 2 is 2.14 bits per heavy atom. The van der Waals surface area contributed by atoms with Crippen LogP contribution in [-0.4, -0.2) is 16.5 Å². The van der Waals surface area contributed by atoms with Gasteiger partial charge in [-0.15, -0.1) is 0 Å². The molecule has 0 saturated heterocycles. The van der Waals surface area contributed by atoms with E-state index in [0.717, 1.165) is 17.0 Å². The zero-order valence-electron chi connectivity index (χ0n) is 12.5. The lowest BCUT2D eigenvalue weighted by molar-refractivity contribution is 0.0962. The Bertz CT molecular complexity index is 724. The van der Waals surface area contributed by atoms with Crippen LogP contribution in [0.3, 0.4) is 0 Å². The van der Waals surface area contributed by atoms with Gasteiger partial charge in [0, 0.05) is 17.3 Å². The normalized spacial score (nSPS) is 14.6. The molecule has 0 spiro atoms. The predicted octanol–water partition coefficient (Wildman–Crippen LogP) is 3.02. The highest BCUT2D eigenvalue weighted by atomic mass is 16.5. The van der Waals surface area contributed by atoms with Gasteiger partial charge < -0.3 is 4.74 Å². The van der Waals surface area contributed by atoms with Crippen molar-refractivity contribution in [2.75, 3.05) is 5.43 Å². The highest BCUT2D eigenvalue weighted by molar-refractivity contribution is 5.95. The standard InChI is InChI=1S/C17H17N3O2/c1-17(2)8-7-12-10-13(5-6-15(12)22-17)16(21)20-19-14-4-3-9-18-11-14/h3-11,19H,1-2H3,(H,20,21). The van der Waals surface area contributed by atoms with Crippen LogP contribution in [0.5, 0.6) is 5.75 Å². The van der Waals surface area contributed by atoms with Crippen molar-refractivity contribution >= 4 is 17.7 Å². The van der Waals surface area contributed by atoms with Crippen LogP contribution in [-0.2, 0) is 0 Å². The van der Waals surface area contributed by atoms with Gasteiger partial charge in [-0.25, -0.2) is 0 Å². The van der Waals surface area contributed by atoms with Gasteiger partial charge in [0.05, 0.1) is 11.9 Å². The average Bonchev–Trinajstić information content (AvgIpc) is 2.52. The van der Waals surface area contributed by atoms with Gasteiger partial charge in [-0.2, -0.15) is 0 Å². The molecule has 1 amide bonds. The van der Waals surface area contributed by atoms with Gasteiger partial charge in [0.25, 0.3) is 5.91 Å². The molecular formula is C17H17N3O2. The second kappa shape index (κ2) is 5.52. The number of nitrogens with zero attached hydrogens (tertiary/aromatic N) is 1. The van der Waals surface area contributed by atoms with E-state index in [1.165, 1.54) is 0 Å². The number of nitrogens with one attached hydrogen (secondary N) is 2. The van der Waals surface area contributed by atoms with Crippen molar-refractivity contribution in [1.82, 2.24) is 10.4 Å². The fraction of sp³-hybridized carbons (Fsp3) is 0.176. The third-order valence-corrected chi connectivity index (χ3v) is 3.29. The maximum atomic E-state index is 12.2. The minimum atomic E-state index is -0.321. The Balaban J connectivity index is 1.72. The molecule has 0 fully saturated rings. The Morgan fingerprint density at radius 3 is 2.91 bits per heavy atom. The lowest BCUT2D eigenvalue weighted by Gasteiger charge is -2.27. The van der Waals surface area contributed by atoms with E-state index in [0.29, 0.717) is 5.56 Å². The van der Waals surface area contributed by atoms with Gasteiger partial charge >= 0.3 is 0 Å². The lowest BCUT2D eigenvalue weighted by atomic mass is 10.0. The molecule has 1 aliphatic heterocycles. The second-order valence-electron chi connectivity index (χ2n) is 5.61. The summed E-state index contributed by atoms with van der Waals surface area (Å²) in [6, 6.07) is 8.98. The highest BCUT2D eigenvalue weighted by Gasteiger charge is 2.22. The van der Waals surface area contributed by atoms with Crippen LogP contribution in [0.4, 0.5) is 5.69 Å². The van der Waals surface area contributed by atoms with Crippen LogP contribution < -0.4 is 15.6 Å². The van der Waals surface area contributed by atoms with Crippen LogP contribution in [0.2, 0.25) is 0 Å². The number of rotatable bonds is 3. The van der Waals surface area contributed by atoms with Crippen LogP contribution in [0.15, 0.2) is 48.8 Å². The third-order valence-electron chi connectivity index (χ3n) is 3.29. The minimum absolute atomic E-state index is 0.218. The molecule has 0 atom stereocenters. The SMILES string of the molecule is CC1(C)C=Cc2cc(C(=O)NNc3cccnc3)ccc2O1. The number of ether oxygens (including phenoxy) is 1. The summed E-state index contributed by atoms with van der Waals surface area (Å²) in [5, 5.41) is 0. The van der Waals surface area contributed by atoms with Gasteiger partial charge in [-0.1, -0.05) is 6.08 Å². The van der Waals surface area contributed by atoms with Gasteiger partial charge in [0.1, 0.15) is 11.4 Å². The molecular weight excluding hydrogens is 278 g/mol. The van der Waals surface area contributed by atoms with Crippen molar-refractivity contribution < 1.29 is 9.53 Å². The number of aromatic nitrogens is 1. The maximum Gasteiger partial charge on any atom is 0.269 e. The van der Waals surface area contributed by atoms with Crippen molar-refractivity contribution in [2.45, 2.75) is 19.4 Å². The second-order valence-corrected chi connectivity index (χ2v) is 5.61. The molecule has 112 valence electrons. The van der Waals surface area contributed by atoms with E-state index in [-0.39, 0.29) is 11.5 Å². The molecule has 5 heteroatoms. The zero-order chi connectivity index (χ0) is 15.6. The first kappa shape index (κ1) is 14.1. The Hall–Kier alpha value is -2.82. The fourth-order valence-electron chi connectivity index (χ4n) is 2.16. The van der Waals surface area contributed by atoms with E-state index in [9.17, 15) is 4.79 Å². The number of carbonyl (C=O) groups is 1. The number of hydrogen-bond acceptors (Lipinski definition) is 4. The number of carbonyl (C=O) groups excluding carboxylic acids is 1. The molecule has 2 aromatic rings. The van der Waals surface area contributed by atoms with Gasteiger partial charge in [-0.05, 0) is 50.3 Å². The van der Waals surface area contributed by atoms with Gasteiger partial charge in [-0.3, -0.25) is 20.6 Å². The van der Waals surface area contributed by atoms with Crippen LogP contribution in [0.25, 0.3) is 6.08 Å². The van der Waals surface area contributed by atoms with Gasteiger partial charge in [0.2, 0.25) is 0 Å². The summed E-state index contributed by atoms with van der Waals surface area (Å²) in [5.74, 6) is 0.564. The molecule has 0 radical (unpaired) electrons. The largest absolute Gasteiger partial charge is 0.483 e. The molecule has 0 saturated carbocycles. The van der Waals surface area contributed by atoms with Crippen LogP contribution in [0.1, 0.15) is 29.8 Å². The summed E-state index contributed by atoms with van der Waals surface area (Å²) in [6.45, 7) is 3.98. The summed E-state index contributed by atoms with van der Waals surface area (Å²) in [7, 11) is 0. The first-order valence-corrected chi connectivity index (χ1v) is 7.02. The van der Waals surface area contributed by atoms with E-state index < -0.39 is 0 Å². The number of hydrazine groups is 1. The fourth-order valence-corrected chi connectivity index (χ4v) is 2.16. The Kier molecular flexibility index (Phi) is 3.55. The summed E-state index contributed by atoms with van der Waals surface area (Å²) in [5.41, 5.74) is 7.32. The summed E-state index contributed by atoms with van der Waals surface area (Å²) < 4.78 is 5.84. The number of fused-ring (bicyclic) bond motifs is 1. The number of amides is 1. The molecule has 3 rings (SSSR count). The Morgan fingerprint density at radius 1 is 1.27 bits per heavy atom. The summed E-state index contributed by atoms with van der Waals surface area (Å²) >= 11 is 0. The molecule has 2 N–H and O–H groups in total. The average molecular weight is 295 g/mol. The first-order chi connectivity index (χ1) is 10.5. The summed E-state index contributed by atoms with van der Waals surface area (Å²) in [4.78, 5) is 16.1. The van der Waals surface area contributed by atoms with E-state index >= 15 is 0 Å². The molecule has 0 unspecified atom stereocenters. The quantitative estimate of drug-likeness (QED) is 0.854. The van der Waals surface area contributed by atoms with Gasteiger partial charge in [0.15, 0.2) is 0 Å². The molecule has 2 heterocycles. The summed E-state index contributed by atoms with van der Waals surface area (Å²) in [6.07, 6.45) is 7.26. The van der Waals surface area contributed by atoms with E-state index in [2.05, 4.69) is 15.8 Å². The first-order valence-electron chi connectivity index (χ1n) is 7.02. The van der Waals surface area contributed by atoms with E-state index in [4.69, 9.17) is 4.74 Å². The minimum Gasteiger partial charge on any atom is -0.483 e. The molecule has 5 nitrogen and oxygen atoms in total. The monoisotopic (exact) mass is 295 g/mol. The van der Waals surface area contributed by atoms with E-state index in [1.54, 1.807) is 30.6 Å². The molecule has 1 aliphatic rings. The zero-order valence-corrected chi connectivity index (χ0v) is 12.5. The molecule has 22 heavy (non-hydrogen) atoms. The molecule has 1 aromatic heterocycles. The molecule has 0 aliphatic carbocycles.